The number of piperidine rings is 1. The van der Waals surface area contributed by atoms with Crippen molar-refractivity contribution >= 4 is 0 Å². The minimum absolute atomic E-state index is 0.331. The summed E-state index contributed by atoms with van der Waals surface area (Å²) in [6.07, 6.45) is 3.68. The van der Waals surface area contributed by atoms with Gasteiger partial charge in [-0.25, -0.2) is 14.4 Å². The third-order valence-corrected chi connectivity index (χ3v) is 4.29. The summed E-state index contributed by atoms with van der Waals surface area (Å²) >= 11 is 0. The maximum Gasteiger partial charge on any atom is 0.316 e. The highest BCUT2D eigenvalue weighted by Gasteiger charge is 2.39. The summed E-state index contributed by atoms with van der Waals surface area (Å²) in [7, 11) is 1.52. The molecule has 25 heavy (non-hydrogen) atoms. The van der Waals surface area contributed by atoms with Crippen molar-refractivity contribution in [3.05, 3.63) is 48.0 Å². The molecule has 3 rings (SSSR count). The second-order valence-electron chi connectivity index (χ2n) is 6.50. The molecule has 2 aromatic rings. The zero-order chi connectivity index (χ0) is 17.9. The number of hydrogen-bond acceptors (Lipinski definition) is 6. The average molecular weight is 347 g/mol. The Labute approximate surface area is 146 Å². The summed E-state index contributed by atoms with van der Waals surface area (Å²) in [6, 6.07) is 6.32. The van der Waals surface area contributed by atoms with E-state index in [1.807, 2.05) is 0 Å². The summed E-state index contributed by atoms with van der Waals surface area (Å²) < 4.78 is 24.1. The molecule has 0 unspecified atom stereocenters. The summed E-state index contributed by atoms with van der Waals surface area (Å²) in [4.78, 5) is 10.3. The van der Waals surface area contributed by atoms with Crippen molar-refractivity contribution in [1.82, 2.24) is 14.9 Å². The van der Waals surface area contributed by atoms with E-state index in [4.69, 9.17) is 9.47 Å². The maximum absolute atomic E-state index is 13.3. The number of nitrogens with zero attached hydrogens (tertiary/aromatic N) is 3. The lowest BCUT2D eigenvalue weighted by molar-refractivity contribution is -0.0994. The number of β-amino-alcohol motifs (C(OH)–C–C–N with tert-alkyl or cyclic N) is 1. The minimum atomic E-state index is -1.04. The molecule has 0 aliphatic carbocycles. The fraction of sp³-hybridized carbons (Fsp3) is 0.444. The van der Waals surface area contributed by atoms with E-state index in [-0.39, 0.29) is 5.82 Å². The lowest BCUT2D eigenvalue weighted by Gasteiger charge is -2.42. The van der Waals surface area contributed by atoms with Crippen molar-refractivity contribution in [2.45, 2.75) is 31.6 Å². The van der Waals surface area contributed by atoms with Crippen LogP contribution in [0.5, 0.6) is 11.8 Å². The van der Waals surface area contributed by atoms with Gasteiger partial charge in [-0.15, -0.1) is 0 Å². The quantitative estimate of drug-likeness (QED) is 0.893. The molecule has 2 atom stereocenters. The Morgan fingerprint density at radius 1 is 1.36 bits per heavy atom. The zero-order valence-electron chi connectivity index (χ0n) is 14.4. The molecule has 0 amide bonds. The van der Waals surface area contributed by atoms with Gasteiger partial charge in [-0.3, -0.25) is 4.90 Å². The van der Waals surface area contributed by atoms with E-state index in [0.717, 1.165) is 12.1 Å². The van der Waals surface area contributed by atoms with E-state index >= 15 is 0 Å². The lowest BCUT2D eigenvalue weighted by Crippen LogP contribution is -2.56. The molecule has 1 aromatic carbocycles. The van der Waals surface area contributed by atoms with E-state index in [1.165, 1.54) is 19.2 Å². The first kappa shape index (κ1) is 17.6. The van der Waals surface area contributed by atoms with Crippen molar-refractivity contribution in [2.75, 3.05) is 20.2 Å². The molecule has 1 aromatic heterocycles. The number of hydrogen-bond donors (Lipinski definition) is 1. The van der Waals surface area contributed by atoms with Crippen LogP contribution in [0.15, 0.2) is 36.7 Å². The second-order valence-corrected chi connectivity index (χ2v) is 6.50. The Morgan fingerprint density at radius 2 is 2.12 bits per heavy atom. The Balaban J connectivity index is 1.61. The van der Waals surface area contributed by atoms with Gasteiger partial charge in [-0.1, -0.05) is 6.07 Å². The first-order valence-corrected chi connectivity index (χ1v) is 8.18. The van der Waals surface area contributed by atoms with Gasteiger partial charge in [0.25, 0.3) is 0 Å². The van der Waals surface area contributed by atoms with Crippen molar-refractivity contribution in [3.63, 3.8) is 0 Å². The Hall–Kier alpha value is -2.25. The van der Waals surface area contributed by atoms with Crippen molar-refractivity contribution < 1.29 is 19.0 Å². The highest BCUT2D eigenvalue weighted by molar-refractivity contribution is 5.23. The van der Waals surface area contributed by atoms with Crippen LogP contribution in [-0.4, -0.2) is 51.9 Å². The summed E-state index contributed by atoms with van der Waals surface area (Å²) in [5.41, 5.74) is -0.0983. The molecule has 0 bridgehead atoms. The minimum Gasteiger partial charge on any atom is -0.487 e. The van der Waals surface area contributed by atoms with Gasteiger partial charge in [0.15, 0.2) is 0 Å². The molecule has 0 spiro atoms. The van der Waals surface area contributed by atoms with Crippen LogP contribution in [-0.2, 0) is 6.54 Å². The van der Waals surface area contributed by atoms with Crippen LogP contribution >= 0.6 is 0 Å². The predicted molar refractivity (Wildman–Crippen MR) is 89.9 cm³/mol. The predicted octanol–water partition coefficient (Wildman–Crippen LogP) is 2.03. The van der Waals surface area contributed by atoms with Gasteiger partial charge in [-0.05, 0) is 25.5 Å². The van der Waals surface area contributed by atoms with E-state index < -0.39 is 11.7 Å². The van der Waals surface area contributed by atoms with Gasteiger partial charge in [0, 0.05) is 43.7 Å². The van der Waals surface area contributed by atoms with Gasteiger partial charge >= 0.3 is 6.01 Å². The largest absolute Gasteiger partial charge is 0.487 e. The monoisotopic (exact) mass is 347 g/mol. The molecule has 1 aliphatic rings. The summed E-state index contributed by atoms with van der Waals surface area (Å²) in [5.74, 6) is 0.0800. The Bertz CT molecular complexity index is 709. The fourth-order valence-electron chi connectivity index (χ4n) is 3.06. The van der Waals surface area contributed by atoms with E-state index in [0.29, 0.717) is 31.3 Å². The molecule has 1 saturated heterocycles. The van der Waals surface area contributed by atoms with Crippen LogP contribution in [0.3, 0.4) is 0 Å². The molecule has 0 saturated carbocycles. The summed E-state index contributed by atoms with van der Waals surface area (Å²) in [6.45, 7) is 3.57. The van der Waals surface area contributed by atoms with Crippen molar-refractivity contribution in [1.29, 1.82) is 0 Å². The van der Waals surface area contributed by atoms with Crippen molar-refractivity contribution in [3.8, 4) is 11.8 Å². The molecule has 6 nitrogen and oxygen atoms in total. The molecular formula is C18H22FN3O3. The van der Waals surface area contributed by atoms with Crippen LogP contribution in [0, 0.1) is 5.82 Å². The number of aromatic nitrogens is 2. The third kappa shape index (κ3) is 4.43. The first-order chi connectivity index (χ1) is 12.0. The average Bonchev–Trinajstić information content (AvgIpc) is 2.58. The van der Waals surface area contributed by atoms with Crippen LogP contribution < -0.4 is 9.47 Å². The second kappa shape index (κ2) is 7.33. The third-order valence-electron chi connectivity index (χ3n) is 4.29. The van der Waals surface area contributed by atoms with E-state index in [1.54, 1.807) is 31.5 Å². The summed E-state index contributed by atoms with van der Waals surface area (Å²) in [5, 5.41) is 10.8. The molecular weight excluding hydrogens is 325 g/mol. The smallest absolute Gasteiger partial charge is 0.316 e. The number of halogens is 1. The zero-order valence-corrected chi connectivity index (χ0v) is 14.4. The van der Waals surface area contributed by atoms with Crippen LogP contribution in [0.25, 0.3) is 0 Å². The fourth-order valence-corrected chi connectivity index (χ4v) is 3.06. The van der Waals surface area contributed by atoms with Gasteiger partial charge in [0.2, 0.25) is 0 Å². The molecule has 2 heterocycles. The van der Waals surface area contributed by atoms with Gasteiger partial charge in [-0.2, -0.15) is 0 Å². The van der Waals surface area contributed by atoms with Crippen LogP contribution in [0.2, 0.25) is 0 Å². The molecule has 7 heteroatoms. The normalized spacial score (nSPS) is 24.1. The van der Waals surface area contributed by atoms with E-state index in [9.17, 15) is 9.50 Å². The Morgan fingerprint density at radius 3 is 2.76 bits per heavy atom. The van der Waals surface area contributed by atoms with Gasteiger partial charge < -0.3 is 14.6 Å². The van der Waals surface area contributed by atoms with Crippen LogP contribution in [0.1, 0.15) is 18.9 Å². The molecule has 1 N–H and O–H groups in total. The van der Waals surface area contributed by atoms with Gasteiger partial charge in [0.1, 0.15) is 23.3 Å². The van der Waals surface area contributed by atoms with Crippen molar-refractivity contribution in [2.24, 2.45) is 0 Å². The lowest BCUT2D eigenvalue weighted by atomic mass is 9.91. The molecule has 1 aliphatic heterocycles. The first-order valence-electron chi connectivity index (χ1n) is 8.18. The number of aliphatic hydroxyl groups is 1. The topological polar surface area (TPSA) is 67.7 Å². The number of methoxy groups -OCH3 is 1. The molecule has 1 fully saturated rings. The number of benzene rings is 1. The standard InChI is InChI=1S/C18H22FN3O3/c1-18(23)12-22(11-13-9-20-17(24-2)21-10-13)7-6-16(18)25-15-5-3-4-14(19)8-15/h3-5,8-10,16,23H,6-7,11-12H2,1-2H3/t16-,18-/m0/s1. The number of ether oxygens (including phenoxy) is 2. The maximum atomic E-state index is 13.3. The SMILES string of the molecule is COc1ncc(CN2CC[C@H](Oc3cccc(F)c3)[C@@](C)(O)C2)cn1. The van der Waals surface area contributed by atoms with Crippen LogP contribution in [0.4, 0.5) is 4.39 Å². The Kier molecular flexibility index (Phi) is 5.15. The molecule has 0 radical (unpaired) electrons. The van der Waals surface area contributed by atoms with Gasteiger partial charge in [0.05, 0.1) is 7.11 Å². The van der Waals surface area contributed by atoms with E-state index in [2.05, 4.69) is 14.9 Å². The number of likely N-dealkylation sites (tertiary alicyclic amines) is 1. The number of rotatable bonds is 5. The highest BCUT2D eigenvalue weighted by atomic mass is 19.1. The highest BCUT2D eigenvalue weighted by Crippen LogP contribution is 2.27. The molecule has 134 valence electrons.